The molecule has 0 saturated carbocycles. The maximum Gasteiger partial charge on any atom is 0.573 e. The van der Waals surface area contributed by atoms with Crippen LogP contribution in [0.5, 0.6) is 5.75 Å². The number of alkyl halides is 3. The van der Waals surface area contributed by atoms with Gasteiger partial charge in [-0.1, -0.05) is 18.2 Å². The standard InChI is InChI=1S/C16H23F3N4O3S2.HI/c1-20-15(21-6-11-28(24,25)23-7-9-27-10-8-23)22-12-13-4-2-3-5-14(13)26-16(17,18)19;/h2-5H,6-12H2,1H3,(H2,20,21,22);1H. The van der Waals surface area contributed by atoms with Crippen LogP contribution in [0.2, 0.25) is 0 Å². The molecule has 2 N–H and O–H groups in total. The lowest BCUT2D eigenvalue weighted by molar-refractivity contribution is -0.274. The van der Waals surface area contributed by atoms with Crippen molar-refractivity contribution in [2.24, 2.45) is 4.99 Å². The Labute approximate surface area is 189 Å². The van der Waals surface area contributed by atoms with Crippen molar-refractivity contribution in [2.75, 3.05) is 43.9 Å². The molecule has 29 heavy (non-hydrogen) atoms. The Morgan fingerprint density at radius 1 is 1.24 bits per heavy atom. The van der Waals surface area contributed by atoms with Crippen LogP contribution in [0.4, 0.5) is 13.2 Å². The van der Waals surface area contributed by atoms with Crippen molar-refractivity contribution in [3.63, 3.8) is 0 Å². The van der Waals surface area contributed by atoms with Gasteiger partial charge < -0.3 is 15.4 Å². The molecule has 0 atom stereocenters. The van der Waals surface area contributed by atoms with Crippen molar-refractivity contribution in [1.29, 1.82) is 0 Å². The summed E-state index contributed by atoms with van der Waals surface area (Å²) in [6.07, 6.45) is -4.78. The monoisotopic (exact) mass is 568 g/mol. The predicted octanol–water partition coefficient (Wildman–Crippen LogP) is 2.25. The molecule has 1 fully saturated rings. The van der Waals surface area contributed by atoms with E-state index in [0.717, 1.165) is 11.5 Å². The fourth-order valence-electron chi connectivity index (χ4n) is 2.53. The van der Waals surface area contributed by atoms with E-state index in [1.807, 2.05) is 0 Å². The lowest BCUT2D eigenvalue weighted by atomic mass is 10.2. The summed E-state index contributed by atoms with van der Waals surface area (Å²) in [6.45, 7) is 1.18. The topological polar surface area (TPSA) is 83.0 Å². The molecule has 0 bridgehead atoms. The van der Waals surface area contributed by atoms with Crippen LogP contribution in [0.1, 0.15) is 5.56 Å². The predicted molar refractivity (Wildman–Crippen MR) is 119 cm³/mol. The molecule has 0 spiro atoms. The van der Waals surface area contributed by atoms with Crippen molar-refractivity contribution in [2.45, 2.75) is 12.9 Å². The first kappa shape index (κ1) is 26.1. The highest BCUT2D eigenvalue weighted by Crippen LogP contribution is 2.26. The largest absolute Gasteiger partial charge is 0.573 e. The van der Waals surface area contributed by atoms with Gasteiger partial charge in [-0.15, -0.1) is 37.1 Å². The Balaban J connectivity index is 0.00000420. The van der Waals surface area contributed by atoms with E-state index in [4.69, 9.17) is 0 Å². The minimum Gasteiger partial charge on any atom is -0.405 e. The van der Waals surface area contributed by atoms with Gasteiger partial charge in [0, 0.05) is 50.3 Å². The minimum absolute atomic E-state index is 0. The number of halogens is 4. The normalized spacial score (nSPS) is 16.1. The summed E-state index contributed by atoms with van der Waals surface area (Å²) in [4.78, 5) is 3.96. The number of benzene rings is 1. The molecule has 2 rings (SSSR count). The van der Waals surface area contributed by atoms with E-state index in [1.165, 1.54) is 29.6 Å². The first-order valence-corrected chi connectivity index (χ1v) is 11.3. The van der Waals surface area contributed by atoms with Crippen molar-refractivity contribution >= 4 is 51.7 Å². The van der Waals surface area contributed by atoms with Crippen LogP contribution in [0.25, 0.3) is 0 Å². The van der Waals surface area contributed by atoms with Crippen LogP contribution in [0.3, 0.4) is 0 Å². The Morgan fingerprint density at radius 3 is 2.52 bits per heavy atom. The number of hydrogen-bond donors (Lipinski definition) is 2. The Bertz CT molecular complexity index is 773. The van der Waals surface area contributed by atoms with Crippen molar-refractivity contribution < 1.29 is 26.3 Å². The summed E-state index contributed by atoms with van der Waals surface area (Å²) < 4.78 is 67.5. The molecule has 0 aliphatic carbocycles. The number of thioether (sulfide) groups is 1. The highest BCUT2D eigenvalue weighted by molar-refractivity contribution is 14.0. The number of nitrogens with zero attached hydrogens (tertiary/aromatic N) is 2. The fourth-order valence-corrected chi connectivity index (χ4v) is 5.02. The average Bonchev–Trinajstić information content (AvgIpc) is 2.65. The summed E-state index contributed by atoms with van der Waals surface area (Å²) in [5.41, 5.74) is 0.293. The van der Waals surface area contributed by atoms with E-state index in [1.54, 1.807) is 17.8 Å². The summed E-state index contributed by atoms with van der Waals surface area (Å²) in [5.74, 6) is 1.46. The number of hydrogen-bond acceptors (Lipinski definition) is 5. The highest BCUT2D eigenvalue weighted by Gasteiger charge is 2.32. The van der Waals surface area contributed by atoms with Gasteiger partial charge in [-0.2, -0.15) is 11.8 Å². The second-order valence-corrected chi connectivity index (χ2v) is 9.15. The number of rotatable bonds is 7. The van der Waals surface area contributed by atoms with Gasteiger partial charge >= 0.3 is 6.36 Å². The molecule has 0 unspecified atom stereocenters. The molecule has 0 aromatic heterocycles. The van der Waals surface area contributed by atoms with Gasteiger partial charge in [0.1, 0.15) is 5.75 Å². The number of aliphatic imine (C=N–C) groups is 1. The molecule has 0 radical (unpaired) electrons. The average molecular weight is 568 g/mol. The molecule has 1 aromatic carbocycles. The Morgan fingerprint density at radius 2 is 1.90 bits per heavy atom. The lowest BCUT2D eigenvalue weighted by Crippen LogP contribution is -2.44. The molecule has 166 valence electrons. The van der Waals surface area contributed by atoms with Crippen LogP contribution in [0, 0.1) is 0 Å². The summed E-state index contributed by atoms with van der Waals surface area (Å²) in [7, 11) is -1.86. The van der Waals surface area contributed by atoms with Crippen molar-refractivity contribution in [3.8, 4) is 5.75 Å². The van der Waals surface area contributed by atoms with Crippen LogP contribution >= 0.6 is 35.7 Å². The van der Waals surface area contributed by atoms with Gasteiger partial charge in [0.2, 0.25) is 10.0 Å². The summed E-state index contributed by atoms with van der Waals surface area (Å²) in [5, 5.41) is 5.72. The molecule has 1 aliphatic heterocycles. The van der Waals surface area contributed by atoms with E-state index >= 15 is 0 Å². The molecular weight excluding hydrogens is 544 g/mol. The maximum absolute atomic E-state index is 12.5. The summed E-state index contributed by atoms with van der Waals surface area (Å²) in [6, 6.07) is 5.77. The van der Waals surface area contributed by atoms with Crippen molar-refractivity contribution in [1.82, 2.24) is 14.9 Å². The van der Waals surface area contributed by atoms with Gasteiger partial charge in [0.25, 0.3) is 0 Å². The molecule has 1 aromatic rings. The molecular formula is C16H24F3IN4O3S2. The lowest BCUT2D eigenvalue weighted by Gasteiger charge is -2.25. The zero-order valence-electron chi connectivity index (χ0n) is 15.7. The quantitative estimate of drug-likeness (QED) is 0.299. The highest BCUT2D eigenvalue weighted by atomic mass is 127. The number of nitrogens with one attached hydrogen (secondary N) is 2. The van der Waals surface area contributed by atoms with Gasteiger partial charge in [0.05, 0.1) is 5.75 Å². The third kappa shape index (κ3) is 9.17. The maximum atomic E-state index is 12.5. The van der Waals surface area contributed by atoms with E-state index in [9.17, 15) is 21.6 Å². The number of sulfonamides is 1. The minimum atomic E-state index is -4.78. The molecule has 13 heteroatoms. The van der Waals surface area contributed by atoms with Crippen molar-refractivity contribution in [3.05, 3.63) is 29.8 Å². The van der Waals surface area contributed by atoms with Gasteiger partial charge in [-0.25, -0.2) is 12.7 Å². The van der Waals surface area contributed by atoms with E-state index in [0.29, 0.717) is 18.7 Å². The third-order valence-corrected chi connectivity index (χ3v) is 6.70. The van der Waals surface area contributed by atoms with Crippen LogP contribution < -0.4 is 15.4 Å². The second-order valence-electron chi connectivity index (χ2n) is 5.84. The van der Waals surface area contributed by atoms with Crippen LogP contribution in [-0.4, -0.2) is 69.0 Å². The van der Waals surface area contributed by atoms with Crippen LogP contribution in [-0.2, 0) is 16.6 Å². The zero-order chi connectivity index (χ0) is 20.6. The SMILES string of the molecule is CN=C(NCCS(=O)(=O)N1CCSCC1)NCc1ccccc1OC(F)(F)F.I. The first-order chi connectivity index (χ1) is 13.2. The van der Waals surface area contributed by atoms with Crippen LogP contribution in [0.15, 0.2) is 29.3 Å². The first-order valence-electron chi connectivity index (χ1n) is 8.55. The molecule has 7 nitrogen and oxygen atoms in total. The number of ether oxygens (including phenoxy) is 1. The third-order valence-electron chi connectivity index (χ3n) is 3.88. The van der Waals surface area contributed by atoms with E-state index in [2.05, 4.69) is 20.4 Å². The Hall–Kier alpha value is -0.930. The van der Waals surface area contributed by atoms with Gasteiger partial charge in [0.15, 0.2) is 5.96 Å². The van der Waals surface area contributed by atoms with E-state index < -0.39 is 16.4 Å². The van der Waals surface area contributed by atoms with E-state index in [-0.39, 0.29) is 54.5 Å². The number of guanidine groups is 1. The number of para-hydroxylation sites is 1. The molecule has 1 aliphatic rings. The second kappa shape index (κ2) is 12.1. The fraction of sp³-hybridized carbons (Fsp3) is 0.562. The molecule has 1 heterocycles. The Kier molecular flexibility index (Phi) is 10.8. The molecule has 1 saturated heterocycles. The molecule has 0 amide bonds. The summed E-state index contributed by atoms with van der Waals surface area (Å²) >= 11 is 1.72. The van der Waals surface area contributed by atoms with Gasteiger partial charge in [-0.05, 0) is 6.07 Å². The smallest absolute Gasteiger partial charge is 0.405 e. The van der Waals surface area contributed by atoms with Gasteiger partial charge in [-0.3, -0.25) is 4.99 Å². The zero-order valence-corrected chi connectivity index (χ0v) is 19.7.